The normalized spacial score (nSPS) is 17.5. The van der Waals surface area contributed by atoms with Crippen molar-refractivity contribution in [1.29, 1.82) is 0 Å². The van der Waals surface area contributed by atoms with Gasteiger partial charge in [0.2, 0.25) is 0 Å². The highest BCUT2D eigenvalue weighted by atomic mass is 19.1. The number of methoxy groups -OCH3 is 1. The zero-order valence-electron chi connectivity index (χ0n) is 15.7. The molecule has 1 saturated heterocycles. The topological polar surface area (TPSA) is 108 Å². The van der Waals surface area contributed by atoms with Crippen LogP contribution in [0.15, 0.2) is 22.7 Å². The first-order chi connectivity index (χ1) is 13.5. The number of aliphatic hydroxyl groups excluding tert-OH is 1. The zero-order chi connectivity index (χ0) is 20.1. The summed E-state index contributed by atoms with van der Waals surface area (Å²) in [7, 11) is 1.33. The lowest BCUT2D eigenvalue weighted by molar-refractivity contribution is 0.0694. The van der Waals surface area contributed by atoms with Gasteiger partial charge in [0.25, 0.3) is 0 Å². The fourth-order valence-electron chi connectivity index (χ4n) is 3.35. The maximum Gasteiger partial charge on any atom is 0.343 e. The van der Waals surface area contributed by atoms with Gasteiger partial charge in [-0.3, -0.25) is 0 Å². The highest BCUT2D eigenvalue weighted by Crippen LogP contribution is 2.32. The van der Waals surface area contributed by atoms with E-state index in [2.05, 4.69) is 15.4 Å². The number of aromatic nitrogens is 1. The van der Waals surface area contributed by atoms with Crippen molar-refractivity contribution in [1.82, 2.24) is 10.1 Å². The number of carboxylic acid groups (broad SMARTS) is 1. The van der Waals surface area contributed by atoms with Crippen molar-refractivity contribution >= 4 is 11.8 Å². The molecule has 1 aliphatic heterocycles. The van der Waals surface area contributed by atoms with Crippen molar-refractivity contribution in [3.05, 3.63) is 29.6 Å². The number of likely N-dealkylation sites (tertiary alicyclic amines) is 1. The van der Waals surface area contributed by atoms with Gasteiger partial charge in [-0.25, -0.2) is 9.18 Å². The Morgan fingerprint density at radius 2 is 2.32 bits per heavy atom. The predicted molar refractivity (Wildman–Crippen MR) is 100 cm³/mol. The molecule has 1 aromatic carbocycles. The quantitative estimate of drug-likeness (QED) is 0.587. The summed E-state index contributed by atoms with van der Waals surface area (Å²) in [5.41, 5.74) is 0.251. The molecule has 1 aromatic heterocycles. The molecule has 3 N–H and O–H groups in total. The molecule has 1 unspecified atom stereocenters. The average Bonchev–Trinajstić information content (AvgIpc) is 3.10. The second kappa shape index (κ2) is 9.03. The Kier molecular flexibility index (Phi) is 6.48. The number of aromatic carboxylic acids is 1. The number of nitrogens with one attached hydrogen (secondary N) is 1. The van der Waals surface area contributed by atoms with Gasteiger partial charge in [0.15, 0.2) is 28.7 Å². The number of anilines is 1. The number of rotatable bonds is 8. The van der Waals surface area contributed by atoms with Gasteiger partial charge < -0.3 is 29.7 Å². The summed E-state index contributed by atoms with van der Waals surface area (Å²) in [5.74, 6) is -1.59. The second-order valence-corrected chi connectivity index (χ2v) is 6.77. The van der Waals surface area contributed by atoms with Crippen molar-refractivity contribution < 1.29 is 28.7 Å². The molecular formula is C19H24FN3O5. The third-order valence-corrected chi connectivity index (χ3v) is 4.74. The number of aliphatic hydroxyl groups is 1. The number of ether oxygens (including phenoxy) is 1. The first-order valence-corrected chi connectivity index (χ1v) is 9.20. The molecule has 1 atom stereocenters. The molecule has 3 rings (SSSR count). The monoisotopic (exact) mass is 393 g/mol. The Bertz CT molecular complexity index is 826. The summed E-state index contributed by atoms with van der Waals surface area (Å²) in [6.45, 7) is 2.93. The van der Waals surface area contributed by atoms with Gasteiger partial charge in [0.05, 0.1) is 13.2 Å². The molecule has 0 amide bonds. The van der Waals surface area contributed by atoms with Crippen molar-refractivity contribution in [2.45, 2.75) is 25.4 Å². The maximum absolute atomic E-state index is 13.6. The van der Waals surface area contributed by atoms with Crippen LogP contribution in [0, 0.1) is 5.82 Å². The Hall–Kier alpha value is -2.65. The van der Waals surface area contributed by atoms with E-state index in [-0.39, 0.29) is 29.0 Å². The van der Waals surface area contributed by atoms with Crippen LogP contribution >= 0.6 is 0 Å². The molecule has 8 nitrogen and oxygen atoms in total. The van der Waals surface area contributed by atoms with E-state index in [9.17, 15) is 19.4 Å². The Morgan fingerprint density at radius 3 is 3.04 bits per heavy atom. The van der Waals surface area contributed by atoms with Gasteiger partial charge in [-0.2, -0.15) is 0 Å². The van der Waals surface area contributed by atoms with E-state index in [1.807, 2.05) is 0 Å². The average molecular weight is 393 g/mol. The van der Waals surface area contributed by atoms with Gasteiger partial charge in [0, 0.05) is 18.7 Å². The van der Waals surface area contributed by atoms with Gasteiger partial charge in [-0.05, 0) is 50.6 Å². The van der Waals surface area contributed by atoms with Crippen molar-refractivity contribution in [3.8, 4) is 17.1 Å². The van der Waals surface area contributed by atoms with Crippen LogP contribution in [0.2, 0.25) is 0 Å². The molecule has 0 aliphatic carbocycles. The molecule has 9 heteroatoms. The van der Waals surface area contributed by atoms with Crippen molar-refractivity contribution in [3.63, 3.8) is 0 Å². The van der Waals surface area contributed by atoms with Gasteiger partial charge >= 0.3 is 5.97 Å². The largest absolute Gasteiger partial charge is 0.494 e. The minimum absolute atomic E-state index is 0.0107. The lowest BCUT2D eigenvalue weighted by Crippen LogP contribution is -2.39. The number of halogens is 1. The molecule has 0 radical (unpaired) electrons. The smallest absolute Gasteiger partial charge is 0.343 e. The number of β-amino-alcohol motifs (C(OH)–C–C–N with tert-alkyl or cyclic N) is 1. The number of hydrogen-bond acceptors (Lipinski definition) is 7. The number of hydrogen-bond donors (Lipinski definition) is 3. The Labute approximate surface area is 161 Å². The molecule has 1 aliphatic rings. The fourth-order valence-corrected chi connectivity index (χ4v) is 3.35. The predicted octanol–water partition coefficient (Wildman–Crippen LogP) is 2.45. The summed E-state index contributed by atoms with van der Waals surface area (Å²) in [4.78, 5) is 13.9. The second-order valence-electron chi connectivity index (χ2n) is 6.77. The van der Waals surface area contributed by atoms with Crippen LogP contribution < -0.4 is 10.1 Å². The molecule has 28 heavy (non-hydrogen) atoms. The third kappa shape index (κ3) is 4.60. The summed E-state index contributed by atoms with van der Waals surface area (Å²) in [6, 6.07) is 3.96. The lowest BCUT2D eigenvalue weighted by Gasteiger charge is -2.29. The van der Waals surface area contributed by atoms with Gasteiger partial charge in [-0.1, -0.05) is 5.16 Å². The summed E-state index contributed by atoms with van der Waals surface area (Å²) in [6.07, 6.45) is 2.31. The molecule has 0 spiro atoms. The van der Waals surface area contributed by atoms with Crippen LogP contribution in [0.1, 0.15) is 29.6 Å². The van der Waals surface area contributed by atoms with E-state index in [0.717, 1.165) is 32.4 Å². The molecular weight excluding hydrogens is 369 g/mol. The Balaban J connectivity index is 1.66. The zero-order valence-corrected chi connectivity index (χ0v) is 15.7. The first-order valence-electron chi connectivity index (χ1n) is 9.20. The van der Waals surface area contributed by atoms with E-state index in [1.54, 1.807) is 0 Å². The third-order valence-electron chi connectivity index (χ3n) is 4.74. The number of carboxylic acids is 1. The van der Waals surface area contributed by atoms with Gasteiger partial charge in [-0.15, -0.1) is 0 Å². The van der Waals surface area contributed by atoms with E-state index >= 15 is 0 Å². The van der Waals surface area contributed by atoms with Crippen LogP contribution in [0.4, 0.5) is 10.2 Å². The SMILES string of the molecule is COc1cc(-c2onc(NCCCN3CCCC(O)C3)c2C(=O)O)ccc1F. The minimum atomic E-state index is -1.19. The molecule has 2 heterocycles. The highest BCUT2D eigenvalue weighted by molar-refractivity contribution is 5.99. The number of piperidine rings is 1. The standard InChI is InChI=1S/C19H24FN3O5/c1-27-15-10-12(5-6-14(15)20)17-16(19(25)26)18(22-28-17)21-7-3-9-23-8-2-4-13(24)11-23/h5-6,10,13,24H,2-4,7-9,11H2,1H3,(H,21,22)(H,25,26). The van der Waals surface area contributed by atoms with Crippen molar-refractivity contribution in [2.75, 3.05) is 38.6 Å². The summed E-state index contributed by atoms with van der Waals surface area (Å²) < 4.78 is 23.8. The van der Waals surface area contributed by atoms with Crippen molar-refractivity contribution in [2.24, 2.45) is 0 Å². The van der Waals surface area contributed by atoms with E-state index in [0.29, 0.717) is 18.7 Å². The van der Waals surface area contributed by atoms with Crippen LogP contribution in [0.3, 0.4) is 0 Å². The first kappa shape index (κ1) is 20.1. The molecule has 2 aromatic rings. The number of benzene rings is 1. The van der Waals surface area contributed by atoms with E-state index in [1.165, 1.54) is 25.3 Å². The minimum Gasteiger partial charge on any atom is -0.494 e. The van der Waals surface area contributed by atoms with Crippen LogP contribution in [-0.4, -0.2) is 65.6 Å². The van der Waals surface area contributed by atoms with Crippen LogP contribution in [-0.2, 0) is 0 Å². The Morgan fingerprint density at radius 1 is 1.50 bits per heavy atom. The molecule has 1 fully saturated rings. The van der Waals surface area contributed by atoms with Crippen LogP contribution in [0.5, 0.6) is 5.75 Å². The number of nitrogens with zero attached hydrogens (tertiary/aromatic N) is 2. The van der Waals surface area contributed by atoms with E-state index < -0.39 is 11.8 Å². The molecule has 0 saturated carbocycles. The fraction of sp³-hybridized carbons (Fsp3) is 0.474. The lowest BCUT2D eigenvalue weighted by atomic mass is 10.1. The van der Waals surface area contributed by atoms with Crippen LogP contribution in [0.25, 0.3) is 11.3 Å². The van der Waals surface area contributed by atoms with Gasteiger partial charge in [0.1, 0.15) is 0 Å². The van der Waals surface area contributed by atoms with E-state index in [4.69, 9.17) is 9.26 Å². The maximum atomic E-state index is 13.6. The summed E-state index contributed by atoms with van der Waals surface area (Å²) >= 11 is 0. The summed E-state index contributed by atoms with van der Waals surface area (Å²) in [5, 5.41) is 26.1. The molecule has 152 valence electrons. The highest BCUT2D eigenvalue weighted by Gasteiger charge is 2.24. The number of carbonyl (C=O) groups is 1. The molecule has 0 bridgehead atoms.